The molecule has 7 nitrogen and oxygen atoms in total. The van der Waals surface area contributed by atoms with Gasteiger partial charge in [-0.05, 0) is 77.7 Å². The first kappa shape index (κ1) is 36.2. The van der Waals surface area contributed by atoms with Crippen LogP contribution in [0.15, 0.2) is 78.1 Å². The number of rotatable bonds is 5. The van der Waals surface area contributed by atoms with Crippen LogP contribution < -0.4 is 4.74 Å². The van der Waals surface area contributed by atoms with Crippen LogP contribution in [-0.4, -0.2) is 42.1 Å². The molecule has 0 saturated carbocycles. The highest BCUT2D eigenvalue weighted by Crippen LogP contribution is 2.42. The third-order valence-electron chi connectivity index (χ3n) is 7.91. The first-order chi connectivity index (χ1) is 23.4. The van der Waals surface area contributed by atoms with Crippen molar-refractivity contribution in [3.8, 4) is 28.1 Å². The number of aromatic nitrogens is 1. The number of hydrogen-bond donors (Lipinski definition) is 1. The number of aryl methyl sites for hydroxylation is 1. The molecule has 3 heterocycles. The molecular formula is C34H25F9N2O5. The van der Waals surface area contributed by atoms with Crippen LogP contribution in [0.2, 0.25) is 0 Å². The van der Waals surface area contributed by atoms with E-state index in [-0.39, 0.29) is 36.3 Å². The number of carboxylic acid groups (broad SMARTS) is 1. The number of halogens is 9. The molecule has 0 amide bonds. The van der Waals surface area contributed by atoms with Crippen molar-refractivity contribution >= 4 is 11.7 Å². The molecular weight excluding hydrogens is 687 g/mol. The molecule has 1 fully saturated rings. The molecule has 1 saturated heterocycles. The molecule has 0 spiro atoms. The van der Waals surface area contributed by atoms with Gasteiger partial charge in [-0.3, -0.25) is 0 Å². The molecule has 1 aromatic heterocycles. The van der Waals surface area contributed by atoms with E-state index in [1.807, 2.05) is 0 Å². The summed E-state index contributed by atoms with van der Waals surface area (Å²) in [7, 11) is 1.43. The summed E-state index contributed by atoms with van der Waals surface area (Å²) in [5.41, 5.74) is 0.261. The molecule has 0 bridgehead atoms. The number of ether oxygens (including phenoxy) is 2. The summed E-state index contributed by atoms with van der Waals surface area (Å²) >= 11 is 0. The van der Waals surface area contributed by atoms with Gasteiger partial charge >= 0.3 is 24.5 Å². The Morgan fingerprint density at radius 1 is 0.800 bits per heavy atom. The van der Waals surface area contributed by atoms with Crippen molar-refractivity contribution in [1.82, 2.24) is 4.98 Å². The van der Waals surface area contributed by atoms with Gasteiger partial charge in [-0.25, -0.2) is 9.78 Å². The largest absolute Gasteiger partial charge is 0.481 e. The smallest absolute Gasteiger partial charge is 0.416 e. The quantitative estimate of drug-likeness (QED) is 0.208. The Morgan fingerprint density at radius 3 is 1.96 bits per heavy atom. The number of oxime groups is 1. The molecule has 6 rings (SSSR count). The monoisotopic (exact) mass is 712 g/mol. The summed E-state index contributed by atoms with van der Waals surface area (Å²) in [6.45, 7) is 2.11. The fourth-order valence-electron chi connectivity index (χ4n) is 5.41. The van der Waals surface area contributed by atoms with Crippen molar-refractivity contribution in [1.29, 1.82) is 0 Å². The fourth-order valence-corrected chi connectivity index (χ4v) is 5.41. The van der Waals surface area contributed by atoms with E-state index in [9.17, 15) is 44.3 Å². The van der Waals surface area contributed by atoms with Gasteiger partial charge in [0.15, 0.2) is 6.10 Å². The summed E-state index contributed by atoms with van der Waals surface area (Å²) in [6.07, 6.45) is -13.6. The molecule has 2 aliphatic heterocycles. The third kappa shape index (κ3) is 7.85. The van der Waals surface area contributed by atoms with Crippen molar-refractivity contribution in [2.24, 2.45) is 11.1 Å². The minimum atomic E-state index is -4.88. The average molecular weight is 713 g/mol. The Kier molecular flexibility index (Phi) is 9.87. The van der Waals surface area contributed by atoms with Crippen molar-refractivity contribution in [2.75, 3.05) is 20.3 Å². The van der Waals surface area contributed by atoms with Crippen molar-refractivity contribution in [3.05, 3.63) is 106 Å². The molecule has 1 N–H and O–H groups in total. The van der Waals surface area contributed by atoms with Crippen LogP contribution in [0.3, 0.4) is 0 Å². The minimum Gasteiger partial charge on any atom is -0.481 e. The van der Waals surface area contributed by atoms with Gasteiger partial charge in [0.2, 0.25) is 5.88 Å². The lowest BCUT2D eigenvalue weighted by Gasteiger charge is -2.19. The summed E-state index contributed by atoms with van der Waals surface area (Å²) in [5.74, 6) is -1.19. The number of aromatic carboxylic acids is 1. The van der Waals surface area contributed by atoms with Crippen molar-refractivity contribution < 1.29 is 63.7 Å². The average Bonchev–Trinajstić information content (AvgIpc) is 3.68. The zero-order valence-electron chi connectivity index (χ0n) is 25.9. The Labute approximate surface area is 277 Å². The number of carboxylic acids is 1. The number of methoxy groups -OCH3 is 1. The number of carbonyl (C=O) groups is 1. The number of nitrogens with zero attached hydrogens (tertiary/aromatic N) is 2. The highest BCUT2D eigenvalue weighted by atomic mass is 19.4. The number of fused-ring (bicyclic) bond motifs is 1. The predicted octanol–water partition coefficient (Wildman–Crippen LogP) is 9.25. The Morgan fingerprint density at radius 2 is 1.42 bits per heavy atom. The normalized spacial score (nSPS) is 17.3. The standard InChI is InChI=1S/C21H16F3NO3.C13H9F6NO2/c1-12-9-14(20(26)27)5-8-17(12)15-10-18(19(28-2)25-11-15)13-3-6-16(7-4-13)21(22,23)24;14-12(15,16)7-1-6(2-8(3-7)13(17,18)19)11-9-4-21-5-10(9)20-22-11/h3-11H,1-2H3,(H,26,27);1-3,9,11H,4-5H2/t;9-,11?/m.1/s1. The molecule has 0 aliphatic carbocycles. The van der Waals surface area contributed by atoms with Crippen molar-refractivity contribution in [3.63, 3.8) is 0 Å². The molecule has 3 aromatic carbocycles. The minimum absolute atomic E-state index is 0.0887. The van der Waals surface area contributed by atoms with Gasteiger partial charge in [0.1, 0.15) is 0 Å². The molecule has 0 radical (unpaired) electrons. The second-order valence-corrected chi connectivity index (χ2v) is 11.3. The summed E-state index contributed by atoms with van der Waals surface area (Å²) in [5, 5.41) is 12.8. The molecule has 2 atom stereocenters. The van der Waals surface area contributed by atoms with Crippen LogP contribution in [0, 0.1) is 12.8 Å². The summed E-state index contributed by atoms with van der Waals surface area (Å²) in [6, 6.07) is 12.7. The van der Waals surface area contributed by atoms with Crippen LogP contribution in [-0.2, 0) is 28.1 Å². The Balaban J connectivity index is 0.000000200. The number of benzene rings is 3. The highest BCUT2D eigenvalue weighted by molar-refractivity contribution is 5.91. The van der Waals surface area contributed by atoms with E-state index in [4.69, 9.17) is 19.4 Å². The second-order valence-electron chi connectivity index (χ2n) is 11.3. The maximum Gasteiger partial charge on any atom is 0.416 e. The zero-order chi connectivity index (χ0) is 36.6. The van der Waals surface area contributed by atoms with Crippen LogP contribution in [0.4, 0.5) is 39.5 Å². The van der Waals surface area contributed by atoms with E-state index < -0.39 is 53.2 Å². The van der Waals surface area contributed by atoms with Crippen LogP contribution in [0.1, 0.15) is 44.3 Å². The first-order valence-corrected chi connectivity index (χ1v) is 14.5. The van der Waals surface area contributed by atoms with Gasteiger partial charge in [-0.2, -0.15) is 39.5 Å². The third-order valence-corrected chi connectivity index (χ3v) is 7.91. The topological polar surface area (TPSA) is 90.2 Å². The highest BCUT2D eigenvalue weighted by Gasteiger charge is 2.43. The summed E-state index contributed by atoms with van der Waals surface area (Å²) < 4.78 is 126. The van der Waals surface area contributed by atoms with Gasteiger partial charge in [-0.15, -0.1) is 0 Å². The van der Waals surface area contributed by atoms with Gasteiger partial charge in [0.05, 0.1) is 54.2 Å². The number of alkyl halides is 9. The SMILES string of the molecule is COc1ncc(-c2ccc(C(=O)O)cc2C)cc1-c1ccc(C(F)(F)F)cc1.FC(F)(F)c1cc(C2ON=C3COC[C@H]32)cc(C(F)(F)F)c1. The lowest BCUT2D eigenvalue weighted by molar-refractivity contribution is -0.143. The van der Waals surface area contributed by atoms with Gasteiger partial charge in [0.25, 0.3) is 0 Å². The van der Waals surface area contributed by atoms with E-state index in [0.29, 0.717) is 34.5 Å². The second kappa shape index (κ2) is 13.7. The van der Waals surface area contributed by atoms with Crippen LogP contribution in [0.25, 0.3) is 22.3 Å². The molecule has 50 heavy (non-hydrogen) atoms. The van der Waals surface area contributed by atoms with Crippen molar-refractivity contribution in [2.45, 2.75) is 31.6 Å². The Hall–Kier alpha value is -5.12. The number of hydrogen-bond acceptors (Lipinski definition) is 6. The van der Waals surface area contributed by atoms with Gasteiger partial charge in [0, 0.05) is 17.3 Å². The molecule has 16 heteroatoms. The molecule has 2 aliphatic rings. The lowest BCUT2D eigenvalue weighted by atomic mass is 9.92. The molecule has 264 valence electrons. The van der Waals surface area contributed by atoms with Crippen LogP contribution >= 0.6 is 0 Å². The lowest BCUT2D eigenvalue weighted by Crippen LogP contribution is -2.18. The fraction of sp³-hybridized carbons (Fsp3) is 0.265. The van der Waals surface area contributed by atoms with Crippen LogP contribution in [0.5, 0.6) is 5.88 Å². The first-order valence-electron chi connectivity index (χ1n) is 14.5. The maximum atomic E-state index is 12.8. The van der Waals surface area contributed by atoms with E-state index in [0.717, 1.165) is 23.3 Å². The van der Waals surface area contributed by atoms with E-state index in [2.05, 4.69) is 10.1 Å². The molecule has 4 aromatic rings. The maximum absolute atomic E-state index is 12.8. The van der Waals surface area contributed by atoms with E-state index >= 15 is 0 Å². The van der Waals surface area contributed by atoms with E-state index in [1.165, 1.54) is 25.3 Å². The van der Waals surface area contributed by atoms with E-state index in [1.54, 1.807) is 31.3 Å². The summed E-state index contributed by atoms with van der Waals surface area (Å²) in [4.78, 5) is 20.4. The predicted molar refractivity (Wildman–Crippen MR) is 160 cm³/mol. The number of pyridine rings is 1. The van der Waals surface area contributed by atoms with Gasteiger partial charge in [-0.1, -0.05) is 23.4 Å². The molecule has 1 unspecified atom stereocenters. The zero-order valence-corrected chi connectivity index (χ0v) is 25.9. The Bertz CT molecular complexity index is 1890. The van der Waals surface area contributed by atoms with Gasteiger partial charge < -0.3 is 19.4 Å².